The van der Waals surface area contributed by atoms with Crippen LogP contribution in [0, 0.1) is 0 Å². The first kappa shape index (κ1) is 16.8. The molecule has 130 valence electrons. The maximum Gasteiger partial charge on any atom is 0.337 e. The lowest BCUT2D eigenvalue weighted by molar-refractivity contribution is 0.0600. The largest absolute Gasteiger partial charge is 0.497 e. The van der Waals surface area contributed by atoms with E-state index in [4.69, 9.17) is 9.47 Å². The predicted octanol–water partition coefficient (Wildman–Crippen LogP) is 2.25. The Morgan fingerprint density at radius 1 is 1.12 bits per heavy atom. The van der Waals surface area contributed by atoms with Crippen LogP contribution < -0.4 is 15.4 Å². The molecule has 2 aromatic rings. The summed E-state index contributed by atoms with van der Waals surface area (Å²) < 4.78 is 9.91. The van der Waals surface area contributed by atoms with Crippen molar-refractivity contribution in [2.75, 3.05) is 26.1 Å². The fraction of sp³-hybridized carbons (Fsp3) is 0.263. The minimum Gasteiger partial charge on any atom is -0.497 e. The molecule has 1 aliphatic rings. The fourth-order valence-electron chi connectivity index (χ4n) is 2.89. The molecule has 0 radical (unpaired) electrons. The molecule has 1 atom stereocenters. The third-order valence-corrected chi connectivity index (χ3v) is 4.20. The Kier molecular flexibility index (Phi) is 4.88. The summed E-state index contributed by atoms with van der Waals surface area (Å²) in [6.45, 7) is 0.625. The van der Waals surface area contributed by atoms with Crippen LogP contribution in [0.3, 0.4) is 0 Å². The summed E-state index contributed by atoms with van der Waals surface area (Å²) in [5.41, 5.74) is 3.00. The zero-order valence-electron chi connectivity index (χ0n) is 14.2. The van der Waals surface area contributed by atoms with Crippen LogP contribution in [0.25, 0.3) is 0 Å². The number of hydrogen-bond acceptors (Lipinski definition) is 5. The van der Waals surface area contributed by atoms with Crippen LogP contribution in [0.5, 0.6) is 5.75 Å². The number of fused-ring (bicyclic) bond motifs is 1. The van der Waals surface area contributed by atoms with Crippen LogP contribution in [0.2, 0.25) is 0 Å². The lowest BCUT2D eigenvalue weighted by atomic mass is 9.97. The highest BCUT2D eigenvalue weighted by Crippen LogP contribution is 2.24. The molecule has 2 aromatic carbocycles. The average Bonchev–Trinajstić information content (AvgIpc) is 2.66. The van der Waals surface area contributed by atoms with Gasteiger partial charge in [0.15, 0.2) is 0 Å². The van der Waals surface area contributed by atoms with E-state index >= 15 is 0 Å². The quantitative estimate of drug-likeness (QED) is 0.835. The molecule has 1 heterocycles. The summed E-state index contributed by atoms with van der Waals surface area (Å²) in [4.78, 5) is 24.1. The summed E-state index contributed by atoms with van der Waals surface area (Å²) in [5.74, 6) is 0.117. The highest BCUT2D eigenvalue weighted by Gasteiger charge is 2.22. The second-order valence-electron chi connectivity index (χ2n) is 5.85. The first-order valence-corrected chi connectivity index (χ1v) is 8.00. The van der Waals surface area contributed by atoms with Crippen molar-refractivity contribution in [2.24, 2.45) is 0 Å². The van der Waals surface area contributed by atoms with E-state index in [9.17, 15) is 9.59 Å². The number of esters is 1. The number of ether oxygens (including phenoxy) is 2. The van der Waals surface area contributed by atoms with Gasteiger partial charge in [0.25, 0.3) is 5.91 Å². The van der Waals surface area contributed by atoms with Crippen LogP contribution in [-0.2, 0) is 11.2 Å². The number of rotatable bonds is 4. The number of amides is 1. The van der Waals surface area contributed by atoms with Crippen molar-refractivity contribution in [1.29, 1.82) is 0 Å². The number of hydrogen-bond donors (Lipinski definition) is 2. The van der Waals surface area contributed by atoms with Crippen molar-refractivity contribution < 1.29 is 19.1 Å². The molecule has 0 aromatic heterocycles. The zero-order chi connectivity index (χ0) is 17.8. The van der Waals surface area contributed by atoms with E-state index in [-0.39, 0.29) is 17.9 Å². The van der Waals surface area contributed by atoms with E-state index in [1.54, 1.807) is 43.5 Å². The van der Waals surface area contributed by atoms with Gasteiger partial charge in [-0.05, 0) is 48.4 Å². The Hall–Kier alpha value is -3.02. The topological polar surface area (TPSA) is 76.7 Å². The van der Waals surface area contributed by atoms with Gasteiger partial charge in [-0.15, -0.1) is 0 Å². The highest BCUT2D eigenvalue weighted by atomic mass is 16.5. The van der Waals surface area contributed by atoms with Gasteiger partial charge in [-0.3, -0.25) is 4.79 Å². The number of carbonyl (C=O) groups is 2. The molecule has 0 bridgehead atoms. The lowest BCUT2D eigenvalue weighted by Crippen LogP contribution is -2.43. The van der Waals surface area contributed by atoms with Crippen LogP contribution in [-0.4, -0.2) is 38.7 Å². The van der Waals surface area contributed by atoms with Crippen molar-refractivity contribution in [3.8, 4) is 5.75 Å². The van der Waals surface area contributed by atoms with E-state index in [0.29, 0.717) is 29.8 Å². The molecule has 0 saturated carbocycles. The predicted molar refractivity (Wildman–Crippen MR) is 94.2 cm³/mol. The average molecular weight is 340 g/mol. The molecule has 0 spiro atoms. The molecular weight excluding hydrogens is 320 g/mol. The van der Waals surface area contributed by atoms with Crippen molar-refractivity contribution in [2.45, 2.75) is 12.5 Å². The van der Waals surface area contributed by atoms with E-state index < -0.39 is 0 Å². The van der Waals surface area contributed by atoms with Gasteiger partial charge in [0.05, 0.1) is 25.8 Å². The van der Waals surface area contributed by atoms with Gasteiger partial charge in [-0.1, -0.05) is 6.07 Å². The number of benzene rings is 2. The van der Waals surface area contributed by atoms with Gasteiger partial charge in [0.2, 0.25) is 0 Å². The molecule has 6 heteroatoms. The second kappa shape index (κ2) is 7.25. The van der Waals surface area contributed by atoms with E-state index in [1.807, 2.05) is 6.07 Å². The minimum atomic E-state index is -0.370. The van der Waals surface area contributed by atoms with Gasteiger partial charge >= 0.3 is 5.97 Å². The molecule has 0 saturated heterocycles. The Bertz CT molecular complexity index is 804. The minimum absolute atomic E-state index is 0.0703. The van der Waals surface area contributed by atoms with Crippen molar-refractivity contribution in [3.05, 3.63) is 59.2 Å². The van der Waals surface area contributed by atoms with Crippen molar-refractivity contribution >= 4 is 17.6 Å². The maximum absolute atomic E-state index is 12.4. The molecule has 1 amide bonds. The standard InChI is InChI=1S/C19H20N2O4/c1-24-16-5-3-4-12(10-16)18(22)21-15-9-14-8-13(19(23)25-2)6-7-17(14)20-11-15/h3-8,10,15,20H,9,11H2,1-2H3,(H,21,22). The number of anilines is 1. The molecule has 1 unspecified atom stereocenters. The van der Waals surface area contributed by atoms with Gasteiger partial charge in [0.1, 0.15) is 5.75 Å². The molecule has 25 heavy (non-hydrogen) atoms. The molecular formula is C19H20N2O4. The van der Waals surface area contributed by atoms with Gasteiger partial charge in [-0.25, -0.2) is 4.79 Å². The molecule has 1 aliphatic heterocycles. The Labute approximate surface area is 146 Å². The number of carbonyl (C=O) groups excluding carboxylic acids is 2. The normalized spacial score (nSPS) is 15.5. The van der Waals surface area contributed by atoms with Crippen LogP contribution in [0.1, 0.15) is 26.3 Å². The van der Waals surface area contributed by atoms with E-state index in [2.05, 4.69) is 10.6 Å². The maximum atomic E-state index is 12.4. The van der Waals surface area contributed by atoms with Crippen LogP contribution in [0.4, 0.5) is 5.69 Å². The molecule has 2 N–H and O–H groups in total. The van der Waals surface area contributed by atoms with Gasteiger partial charge in [0, 0.05) is 17.8 Å². The molecule has 0 fully saturated rings. The highest BCUT2D eigenvalue weighted by molar-refractivity contribution is 5.95. The third kappa shape index (κ3) is 3.74. The first-order valence-electron chi connectivity index (χ1n) is 8.00. The van der Waals surface area contributed by atoms with Crippen LogP contribution in [0.15, 0.2) is 42.5 Å². The summed E-state index contributed by atoms with van der Waals surface area (Å²) in [5, 5.41) is 6.30. The smallest absolute Gasteiger partial charge is 0.337 e. The van der Waals surface area contributed by atoms with E-state index in [0.717, 1.165) is 11.3 Å². The number of methoxy groups -OCH3 is 2. The monoisotopic (exact) mass is 340 g/mol. The van der Waals surface area contributed by atoms with Crippen molar-refractivity contribution in [3.63, 3.8) is 0 Å². The second-order valence-corrected chi connectivity index (χ2v) is 5.85. The summed E-state index contributed by atoms with van der Waals surface area (Å²) in [6, 6.07) is 12.4. The summed E-state index contributed by atoms with van der Waals surface area (Å²) >= 11 is 0. The summed E-state index contributed by atoms with van der Waals surface area (Å²) in [7, 11) is 2.93. The first-order chi connectivity index (χ1) is 12.1. The van der Waals surface area contributed by atoms with E-state index in [1.165, 1.54) is 7.11 Å². The molecule has 6 nitrogen and oxygen atoms in total. The SMILES string of the molecule is COC(=O)c1ccc2c(c1)CC(NC(=O)c1cccc(OC)c1)CN2. The van der Waals surface area contributed by atoms with Crippen molar-refractivity contribution in [1.82, 2.24) is 5.32 Å². The molecule has 0 aliphatic carbocycles. The summed E-state index contributed by atoms with van der Waals surface area (Å²) in [6.07, 6.45) is 0.642. The fourth-order valence-corrected chi connectivity index (χ4v) is 2.89. The Morgan fingerprint density at radius 3 is 2.72 bits per heavy atom. The zero-order valence-corrected chi connectivity index (χ0v) is 14.2. The number of nitrogens with one attached hydrogen (secondary N) is 2. The van der Waals surface area contributed by atoms with Gasteiger partial charge < -0.3 is 20.1 Å². The Morgan fingerprint density at radius 2 is 1.96 bits per heavy atom. The third-order valence-electron chi connectivity index (χ3n) is 4.20. The lowest BCUT2D eigenvalue weighted by Gasteiger charge is -2.27. The Balaban J connectivity index is 1.71. The van der Waals surface area contributed by atoms with Crippen LogP contribution >= 0.6 is 0 Å². The molecule has 3 rings (SSSR count). The van der Waals surface area contributed by atoms with Gasteiger partial charge in [-0.2, -0.15) is 0 Å².